The largest absolute Gasteiger partial charge is 0.467 e. The number of fused-ring (bicyclic) bond motifs is 5. The number of nitrogens with zero attached hydrogens (tertiary/aromatic N) is 2. The van der Waals surface area contributed by atoms with Gasteiger partial charge >= 0.3 is 0 Å². The van der Waals surface area contributed by atoms with Crippen LogP contribution in [0.15, 0.2) is 46.4 Å². The fourth-order valence-corrected chi connectivity index (χ4v) is 2.84. The van der Waals surface area contributed by atoms with E-state index in [2.05, 4.69) is 40.3 Å². The highest BCUT2D eigenvalue weighted by Crippen LogP contribution is 2.44. The van der Waals surface area contributed by atoms with Gasteiger partial charge in [0.15, 0.2) is 0 Å². The summed E-state index contributed by atoms with van der Waals surface area (Å²) < 4.78 is 5.91. The van der Waals surface area contributed by atoms with Gasteiger partial charge in [-0.1, -0.05) is 30.3 Å². The molecule has 0 bridgehead atoms. The van der Waals surface area contributed by atoms with Crippen LogP contribution in [-0.2, 0) is 0 Å². The predicted octanol–water partition coefficient (Wildman–Crippen LogP) is 3.14. The predicted molar refractivity (Wildman–Crippen MR) is 72.7 cm³/mol. The van der Waals surface area contributed by atoms with Crippen molar-refractivity contribution >= 4 is 22.8 Å². The van der Waals surface area contributed by atoms with Crippen molar-refractivity contribution in [1.82, 2.24) is 0 Å². The van der Waals surface area contributed by atoms with Gasteiger partial charge in [0.05, 0.1) is 5.92 Å². The van der Waals surface area contributed by atoms with Crippen molar-refractivity contribution in [2.45, 2.75) is 19.1 Å². The molecule has 0 aromatic heterocycles. The number of benzene rings is 2. The number of aliphatic imine (C=N–C) groups is 2. The lowest BCUT2D eigenvalue weighted by atomic mass is 9.90. The third-order valence-corrected chi connectivity index (χ3v) is 3.70. The van der Waals surface area contributed by atoms with Crippen LogP contribution in [0.25, 0.3) is 10.8 Å². The van der Waals surface area contributed by atoms with E-state index in [-0.39, 0.29) is 12.1 Å². The summed E-state index contributed by atoms with van der Waals surface area (Å²) in [6, 6.07) is 12.5. The maximum atomic E-state index is 5.91. The van der Waals surface area contributed by atoms with E-state index in [1.165, 1.54) is 16.3 Å². The van der Waals surface area contributed by atoms with E-state index in [0.29, 0.717) is 0 Å². The highest BCUT2D eigenvalue weighted by Gasteiger charge is 2.38. The second-order valence-electron chi connectivity index (χ2n) is 4.72. The lowest BCUT2D eigenvalue weighted by Crippen LogP contribution is -2.25. The summed E-state index contributed by atoms with van der Waals surface area (Å²) in [7, 11) is 0. The molecule has 0 saturated carbocycles. The van der Waals surface area contributed by atoms with Crippen LogP contribution >= 0.6 is 0 Å². The summed E-state index contributed by atoms with van der Waals surface area (Å²) in [5, 5.41) is 2.48. The van der Waals surface area contributed by atoms with Crippen LogP contribution in [0, 0.1) is 0 Å². The van der Waals surface area contributed by atoms with Crippen molar-refractivity contribution in [1.29, 1.82) is 0 Å². The Morgan fingerprint density at radius 2 is 2.00 bits per heavy atom. The Hall–Kier alpha value is -2.16. The first-order valence-electron chi connectivity index (χ1n) is 6.09. The molecule has 88 valence electrons. The molecule has 4 rings (SSSR count). The molecule has 18 heavy (non-hydrogen) atoms. The Kier molecular flexibility index (Phi) is 1.87. The van der Waals surface area contributed by atoms with Crippen LogP contribution < -0.4 is 4.74 Å². The van der Waals surface area contributed by atoms with Gasteiger partial charge in [-0.3, -0.25) is 0 Å². The SMILES string of the molecule is CC1=NC=NC2Oc3ccc4ccccc4c3C12. The average Bonchev–Trinajstić information content (AvgIpc) is 2.79. The first-order chi connectivity index (χ1) is 8.84. The Bertz CT molecular complexity index is 703. The molecule has 2 aromatic rings. The molecular weight excluding hydrogens is 224 g/mol. The van der Waals surface area contributed by atoms with Crippen molar-refractivity contribution in [2.75, 3.05) is 0 Å². The minimum Gasteiger partial charge on any atom is -0.467 e. The van der Waals surface area contributed by atoms with Gasteiger partial charge in [-0.15, -0.1) is 0 Å². The molecule has 0 fully saturated rings. The fourth-order valence-electron chi connectivity index (χ4n) is 2.84. The zero-order valence-corrected chi connectivity index (χ0v) is 10.00. The number of ether oxygens (including phenoxy) is 1. The number of hydrogen-bond acceptors (Lipinski definition) is 3. The van der Waals surface area contributed by atoms with Gasteiger partial charge in [0.2, 0.25) is 6.23 Å². The molecule has 0 radical (unpaired) electrons. The smallest absolute Gasteiger partial charge is 0.203 e. The number of hydrogen-bond donors (Lipinski definition) is 0. The molecule has 2 unspecified atom stereocenters. The molecule has 2 aliphatic rings. The first kappa shape index (κ1) is 9.83. The van der Waals surface area contributed by atoms with E-state index in [0.717, 1.165) is 11.5 Å². The van der Waals surface area contributed by atoms with Crippen molar-refractivity contribution in [3.8, 4) is 5.75 Å². The highest BCUT2D eigenvalue weighted by atomic mass is 16.5. The minimum absolute atomic E-state index is 0.136. The van der Waals surface area contributed by atoms with Crippen LogP contribution in [0.3, 0.4) is 0 Å². The third-order valence-electron chi connectivity index (χ3n) is 3.70. The molecular formula is C15H12N2O. The van der Waals surface area contributed by atoms with E-state index in [1.807, 2.05) is 13.0 Å². The van der Waals surface area contributed by atoms with Crippen LogP contribution in [0.4, 0.5) is 0 Å². The monoisotopic (exact) mass is 236 g/mol. The van der Waals surface area contributed by atoms with Gasteiger partial charge in [-0.2, -0.15) is 0 Å². The van der Waals surface area contributed by atoms with Crippen LogP contribution in [0.1, 0.15) is 18.4 Å². The minimum atomic E-state index is -0.136. The summed E-state index contributed by atoms with van der Waals surface area (Å²) in [6.07, 6.45) is 1.47. The summed E-state index contributed by atoms with van der Waals surface area (Å²) in [5.41, 5.74) is 2.31. The quantitative estimate of drug-likeness (QED) is 0.691. The van der Waals surface area contributed by atoms with Gasteiger partial charge in [0.25, 0.3) is 0 Å². The molecule has 0 aliphatic carbocycles. The number of rotatable bonds is 0. The van der Waals surface area contributed by atoms with Gasteiger partial charge in [0, 0.05) is 11.3 Å². The maximum absolute atomic E-state index is 5.91. The fraction of sp³-hybridized carbons (Fsp3) is 0.200. The molecule has 2 atom stereocenters. The van der Waals surface area contributed by atoms with E-state index in [4.69, 9.17) is 4.74 Å². The standard InChI is InChI=1S/C15H12N2O/c1-9-13-14-11-5-3-2-4-10(11)6-7-12(14)18-15(13)17-8-16-9/h2-8,13,15H,1H3. The first-order valence-corrected chi connectivity index (χ1v) is 6.09. The van der Waals surface area contributed by atoms with Crippen molar-refractivity contribution in [3.05, 3.63) is 42.0 Å². The second-order valence-corrected chi connectivity index (χ2v) is 4.72. The summed E-state index contributed by atoms with van der Waals surface area (Å²) in [5.74, 6) is 1.11. The molecule has 0 N–H and O–H groups in total. The normalized spacial score (nSPS) is 24.4. The average molecular weight is 236 g/mol. The van der Waals surface area contributed by atoms with Gasteiger partial charge in [-0.25, -0.2) is 9.98 Å². The van der Waals surface area contributed by atoms with E-state index in [9.17, 15) is 0 Å². The summed E-state index contributed by atoms with van der Waals surface area (Å²) in [4.78, 5) is 8.65. The highest BCUT2D eigenvalue weighted by molar-refractivity contribution is 6.01. The van der Waals surface area contributed by atoms with Crippen molar-refractivity contribution in [2.24, 2.45) is 9.98 Å². The van der Waals surface area contributed by atoms with E-state index in [1.54, 1.807) is 6.34 Å². The molecule has 2 aliphatic heterocycles. The molecule has 2 heterocycles. The van der Waals surface area contributed by atoms with Crippen LogP contribution in [-0.4, -0.2) is 18.3 Å². The van der Waals surface area contributed by atoms with Crippen LogP contribution in [0.5, 0.6) is 5.75 Å². The zero-order valence-electron chi connectivity index (χ0n) is 10.00. The van der Waals surface area contributed by atoms with Gasteiger partial charge < -0.3 is 4.74 Å². The van der Waals surface area contributed by atoms with E-state index < -0.39 is 0 Å². The third kappa shape index (κ3) is 1.19. The van der Waals surface area contributed by atoms with Crippen LogP contribution in [0.2, 0.25) is 0 Å². The molecule has 2 aromatic carbocycles. The van der Waals surface area contributed by atoms with Crippen molar-refractivity contribution < 1.29 is 4.74 Å². The second kappa shape index (κ2) is 3.42. The molecule has 0 spiro atoms. The molecule has 0 saturated heterocycles. The Balaban J connectivity index is 2.04. The zero-order chi connectivity index (χ0) is 12.1. The van der Waals surface area contributed by atoms with Gasteiger partial charge in [0.1, 0.15) is 12.1 Å². The maximum Gasteiger partial charge on any atom is 0.203 e. The Labute approximate surface area is 105 Å². The molecule has 0 amide bonds. The summed E-state index contributed by atoms with van der Waals surface area (Å²) in [6.45, 7) is 2.04. The topological polar surface area (TPSA) is 34.0 Å². The molecule has 3 heteroatoms. The Morgan fingerprint density at radius 1 is 1.11 bits per heavy atom. The summed E-state index contributed by atoms with van der Waals surface area (Å²) >= 11 is 0. The van der Waals surface area contributed by atoms with Crippen molar-refractivity contribution in [3.63, 3.8) is 0 Å². The molecule has 3 nitrogen and oxygen atoms in total. The lowest BCUT2D eigenvalue weighted by Gasteiger charge is -2.18. The lowest BCUT2D eigenvalue weighted by molar-refractivity contribution is 0.234. The van der Waals surface area contributed by atoms with Gasteiger partial charge in [-0.05, 0) is 23.8 Å². The van der Waals surface area contributed by atoms with E-state index >= 15 is 0 Å². The Morgan fingerprint density at radius 3 is 2.94 bits per heavy atom.